The van der Waals surface area contributed by atoms with Crippen LogP contribution in [-0.4, -0.2) is 61.4 Å². The lowest BCUT2D eigenvalue weighted by atomic mass is 10.1. The van der Waals surface area contributed by atoms with Crippen LogP contribution in [0.1, 0.15) is 38.3 Å². The van der Waals surface area contributed by atoms with E-state index in [0.29, 0.717) is 17.5 Å². The second-order valence-corrected chi connectivity index (χ2v) is 8.81. The molecule has 2 aliphatic heterocycles. The molecule has 0 spiro atoms. The van der Waals surface area contributed by atoms with Gasteiger partial charge in [0.25, 0.3) is 0 Å². The molecule has 0 radical (unpaired) electrons. The molecule has 1 aromatic carbocycles. The van der Waals surface area contributed by atoms with Crippen LogP contribution in [0.3, 0.4) is 0 Å². The number of hydrogen-bond acceptors (Lipinski definition) is 7. The lowest BCUT2D eigenvalue weighted by molar-refractivity contribution is -0.119. The molecule has 1 N–H and O–H groups in total. The van der Waals surface area contributed by atoms with Crippen LogP contribution < -0.4 is 19.9 Å². The van der Waals surface area contributed by atoms with Crippen molar-refractivity contribution in [3.05, 3.63) is 41.0 Å². The fourth-order valence-corrected chi connectivity index (χ4v) is 4.47. The summed E-state index contributed by atoms with van der Waals surface area (Å²) < 4.78 is 11.7. The Bertz CT molecular complexity index is 942. The minimum atomic E-state index is -0.0429. The van der Waals surface area contributed by atoms with Crippen molar-refractivity contribution in [1.82, 2.24) is 15.3 Å². The van der Waals surface area contributed by atoms with Crippen molar-refractivity contribution in [3.63, 3.8) is 0 Å². The first-order valence-corrected chi connectivity index (χ1v) is 11.4. The highest BCUT2D eigenvalue weighted by Gasteiger charge is 2.29. The molecule has 1 aromatic heterocycles. The van der Waals surface area contributed by atoms with Crippen LogP contribution in [0.25, 0.3) is 0 Å². The Hall–Kier alpha value is -2.58. The van der Waals surface area contributed by atoms with Gasteiger partial charge in [-0.15, -0.1) is 0 Å². The Balaban J connectivity index is 1.37. The number of hydrogen-bond donors (Lipinski definition) is 1. The first-order valence-electron chi connectivity index (χ1n) is 11.0. The number of ether oxygens (including phenoxy) is 2. The van der Waals surface area contributed by atoms with Gasteiger partial charge in [-0.2, -0.15) is 4.98 Å². The third-order valence-electron chi connectivity index (χ3n) is 6.02. The predicted molar refractivity (Wildman–Crippen MR) is 125 cm³/mol. The number of nitrogens with one attached hydrogen (secondary N) is 1. The molecule has 3 heterocycles. The molecule has 2 aliphatic rings. The van der Waals surface area contributed by atoms with Crippen LogP contribution in [0.5, 0.6) is 5.75 Å². The minimum absolute atomic E-state index is 0.0348. The highest BCUT2D eigenvalue weighted by atomic mass is 35.5. The second kappa shape index (κ2) is 9.92. The predicted octanol–water partition coefficient (Wildman–Crippen LogP) is 3.21. The number of halogens is 1. The van der Waals surface area contributed by atoms with Crippen LogP contribution in [0.2, 0.25) is 5.02 Å². The van der Waals surface area contributed by atoms with Crippen LogP contribution in [0, 0.1) is 0 Å². The van der Waals surface area contributed by atoms with E-state index in [1.807, 2.05) is 31.2 Å². The first kappa shape index (κ1) is 22.6. The molecule has 172 valence electrons. The summed E-state index contributed by atoms with van der Waals surface area (Å²) >= 11 is 6.45. The maximum atomic E-state index is 11.3. The topological polar surface area (TPSA) is 79.8 Å². The van der Waals surface area contributed by atoms with E-state index in [4.69, 9.17) is 26.1 Å². The molecule has 3 atom stereocenters. The summed E-state index contributed by atoms with van der Waals surface area (Å²) in [5, 5.41) is 3.44. The quantitative estimate of drug-likeness (QED) is 0.680. The number of amides is 1. The molecule has 0 bridgehead atoms. The first-order chi connectivity index (χ1) is 15.4. The van der Waals surface area contributed by atoms with Crippen molar-refractivity contribution < 1.29 is 14.3 Å². The van der Waals surface area contributed by atoms with Crippen molar-refractivity contribution in [3.8, 4) is 5.75 Å². The monoisotopic (exact) mass is 459 g/mol. The van der Waals surface area contributed by atoms with Gasteiger partial charge in [0.05, 0.1) is 24.9 Å². The van der Waals surface area contributed by atoms with E-state index in [2.05, 4.69) is 20.1 Å². The zero-order valence-electron chi connectivity index (χ0n) is 18.8. The van der Waals surface area contributed by atoms with Gasteiger partial charge in [0, 0.05) is 40.1 Å². The zero-order valence-corrected chi connectivity index (χ0v) is 19.5. The summed E-state index contributed by atoms with van der Waals surface area (Å²) in [5.74, 6) is 2.21. The van der Waals surface area contributed by atoms with E-state index in [-0.39, 0.29) is 24.2 Å². The van der Waals surface area contributed by atoms with Crippen molar-refractivity contribution >= 4 is 29.3 Å². The second-order valence-electron chi connectivity index (χ2n) is 8.40. The largest absolute Gasteiger partial charge is 0.489 e. The number of carbonyl (C=O) groups excluding carboxylic acids is 1. The summed E-state index contributed by atoms with van der Waals surface area (Å²) in [5.41, 5.74) is 1.04. The Labute approximate surface area is 193 Å². The Morgan fingerprint density at radius 3 is 2.53 bits per heavy atom. The van der Waals surface area contributed by atoms with Crippen molar-refractivity contribution in [2.75, 3.05) is 43.1 Å². The maximum absolute atomic E-state index is 11.3. The van der Waals surface area contributed by atoms with Gasteiger partial charge >= 0.3 is 0 Å². The number of nitrogens with zero attached hydrogens (tertiary/aromatic N) is 4. The molecule has 2 saturated heterocycles. The average Bonchev–Trinajstić information content (AvgIpc) is 3.44. The zero-order chi connectivity index (χ0) is 22.7. The van der Waals surface area contributed by atoms with E-state index in [1.165, 1.54) is 6.92 Å². The summed E-state index contributed by atoms with van der Waals surface area (Å²) in [7, 11) is 1.74. The van der Waals surface area contributed by atoms with Crippen LogP contribution in [0.15, 0.2) is 30.5 Å². The number of carbonyl (C=O) groups is 1. The van der Waals surface area contributed by atoms with Gasteiger partial charge in [0.1, 0.15) is 16.9 Å². The molecule has 0 aliphatic carbocycles. The fraction of sp³-hybridized carbons (Fsp3) is 0.522. The lowest BCUT2D eigenvalue weighted by Crippen LogP contribution is -2.28. The Morgan fingerprint density at radius 2 is 1.84 bits per heavy atom. The SMILES string of the molecule is CO[C@H]1CCN(c2ncc(Cl)c(N3CC[C@@H](Oc4ccc([C@H](C)NC(C)=O)cc4)C3)n2)C1. The molecule has 0 saturated carbocycles. The third-order valence-corrected chi connectivity index (χ3v) is 6.29. The molecular formula is C23H30ClN5O3. The molecule has 8 nitrogen and oxygen atoms in total. The fourth-order valence-electron chi connectivity index (χ4n) is 4.26. The van der Waals surface area contributed by atoms with Gasteiger partial charge in [0.15, 0.2) is 5.82 Å². The summed E-state index contributed by atoms with van der Waals surface area (Å²) in [6.45, 7) is 6.68. The average molecular weight is 460 g/mol. The number of anilines is 2. The molecule has 9 heteroatoms. The lowest BCUT2D eigenvalue weighted by Gasteiger charge is -2.22. The van der Waals surface area contributed by atoms with E-state index >= 15 is 0 Å². The van der Waals surface area contributed by atoms with Crippen LogP contribution >= 0.6 is 11.6 Å². The van der Waals surface area contributed by atoms with Crippen molar-refractivity contribution in [2.45, 2.75) is 44.9 Å². The number of methoxy groups -OCH3 is 1. The van der Waals surface area contributed by atoms with Gasteiger partial charge < -0.3 is 24.6 Å². The highest BCUT2D eigenvalue weighted by Crippen LogP contribution is 2.30. The van der Waals surface area contributed by atoms with Crippen molar-refractivity contribution in [2.24, 2.45) is 0 Å². The number of benzene rings is 1. The highest BCUT2D eigenvalue weighted by molar-refractivity contribution is 6.32. The minimum Gasteiger partial charge on any atom is -0.489 e. The van der Waals surface area contributed by atoms with Gasteiger partial charge in [-0.05, 0) is 31.0 Å². The van der Waals surface area contributed by atoms with Gasteiger partial charge in [0.2, 0.25) is 11.9 Å². The normalized spacial score (nSPS) is 21.6. The Morgan fingerprint density at radius 1 is 1.16 bits per heavy atom. The van der Waals surface area contributed by atoms with Gasteiger partial charge in [-0.3, -0.25) is 4.79 Å². The van der Waals surface area contributed by atoms with E-state index < -0.39 is 0 Å². The van der Waals surface area contributed by atoms with E-state index in [1.54, 1.807) is 13.3 Å². The standard InChI is InChI=1S/C23H30ClN5O3/c1-15(26-16(2)30)17-4-6-18(7-5-17)32-20-9-10-28(14-20)22-21(24)12-25-23(27-22)29-11-8-19(13-29)31-3/h4-7,12,15,19-20H,8-11,13-14H2,1-3H3,(H,26,30)/t15-,19-,20+/m0/s1. The van der Waals surface area contributed by atoms with Crippen LogP contribution in [-0.2, 0) is 9.53 Å². The molecule has 0 unspecified atom stereocenters. The number of rotatable bonds is 7. The van der Waals surface area contributed by atoms with Gasteiger partial charge in [-0.1, -0.05) is 23.7 Å². The Kier molecular flexibility index (Phi) is 7.01. The summed E-state index contributed by atoms with van der Waals surface area (Å²) in [6.07, 6.45) is 3.81. The van der Waals surface area contributed by atoms with E-state index in [9.17, 15) is 4.79 Å². The van der Waals surface area contributed by atoms with E-state index in [0.717, 1.165) is 49.6 Å². The van der Waals surface area contributed by atoms with Gasteiger partial charge in [-0.25, -0.2) is 4.98 Å². The molecule has 4 rings (SSSR count). The molecule has 32 heavy (non-hydrogen) atoms. The molecule has 1 amide bonds. The summed E-state index contributed by atoms with van der Waals surface area (Å²) in [6, 6.07) is 7.84. The smallest absolute Gasteiger partial charge is 0.227 e. The molecule has 2 fully saturated rings. The molecule has 2 aromatic rings. The maximum Gasteiger partial charge on any atom is 0.227 e. The van der Waals surface area contributed by atoms with Crippen molar-refractivity contribution in [1.29, 1.82) is 0 Å². The molecular weight excluding hydrogens is 430 g/mol. The number of aromatic nitrogens is 2. The summed E-state index contributed by atoms with van der Waals surface area (Å²) in [4.78, 5) is 24.8. The third kappa shape index (κ3) is 5.24. The van der Waals surface area contributed by atoms with Crippen LogP contribution in [0.4, 0.5) is 11.8 Å².